The minimum atomic E-state index is -0.611. The second kappa shape index (κ2) is 13.3. The molecule has 0 aliphatic carbocycles. The van der Waals surface area contributed by atoms with E-state index in [2.05, 4.69) is 61.5 Å². The first-order valence-electron chi connectivity index (χ1n) is 18.7. The Hall–Kier alpha value is -5.76. The van der Waals surface area contributed by atoms with Crippen molar-refractivity contribution in [2.24, 2.45) is 0 Å². The number of anilines is 3. The molecule has 2 aromatic heterocycles. The molecule has 54 heavy (non-hydrogen) atoms. The average Bonchev–Trinajstić information content (AvgIpc) is 3.68. The maximum Gasteiger partial charge on any atom is 0.255 e. The van der Waals surface area contributed by atoms with Gasteiger partial charge >= 0.3 is 0 Å². The fourth-order valence-corrected chi connectivity index (χ4v) is 8.68. The molecular formula is C40H43N9O5. The molecule has 278 valence electrons. The summed E-state index contributed by atoms with van der Waals surface area (Å²) < 4.78 is 6.57. The average molecular weight is 730 g/mol. The van der Waals surface area contributed by atoms with Crippen LogP contribution < -0.4 is 25.2 Å². The lowest BCUT2D eigenvalue weighted by Crippen LogP contribution is -2.52. The van der Waals surface area contributed by atoms with Gasteiger partial charge in [-0.05, 0) is 67.8 Å². The van der Waals surface area contributed by atoms with Gasteiger partial charge in [0.1, 0.15) is 17.9 Å². The number of carbonyl (C=O) groups is 3. The molecule has 3 amide bonds. The Morgan fingerprint density at radius 1 is 1.00 bits per heavy atom. The van der Waals surface area contributed by atoms with E-state index in [1.165, 1.54) is 0 Å². The normalized spacial score (nSPS) is 23.8. The summed E-state index contributed by atoms with van der Waals surface area (Å²) in [7, 11) is 0. The van der Waals surface area contributed by atoms with Crippen molar-refractivity contribution >= 4 is 34.9 Å². The van der Waals surface area contributed by atoms with E-state index in [4.69, 9.17) is 9.72 Å². The van der Waals surface area contributed by atoms with Gasteiger partial charge in [0.25, 0.3) is 5.91 Å². The van der Waals surface area contributed by atoms with E-state index in [1.807, 2.05) is 36.5 Å². The molecule has 2 aromatic carbocycles. The standard InChI is InChI=1S/C40H43N9O5/c1-24-15-25(20-46-11-13-47(14-12-46)27-8-7-26-21-48(39(53)30(26)16-27)32-9-10-35(51)43-37(32)52)19-41-38(24)54-28-18-40(2)23-42-36-33(49(40)22-28)17-31(44-45-36)29-5-3-4-6-34(29)50/h3-8,15-17,19,28,32,50H,9-14,18,20-23H2,1-2H3,(H,42,45)(H,43,51,52)/t28-,32+,40+/m1/s1. The molecule has 0 saturated carbocycles. The Balaban J connectivity index is 0.806. The molecule has 7 heterocycles. The fourth-order valence-electron chi connectivity index (χ4n) is 8.68. The smallest absolute Gasteiger partial charge is 0.255 e. The van der Waals surface area contributed by atoms with Crippen LogP contribution in [0, 0.1) is 6.92 Å². The number of pyridine rings is 1. The van der Waals surface area contributed by atoms with Crippen LogP contribution >= 0.6 is 0 Å². The van der Waals surface area contributed by atoms with E-state index in [0.29, 0.717) is 42.2 Å². The van der Waals surface area contributed by atoms with Gasteiger partial charge in [-0.3, -0.25) is 24.6 Å². The maximum atomic E-state index is 13.3. The first-order valence-corrected chi connectivity index (χ1v) is 18.7. The van der Waals surface area contributed by atoms with Crippen molar-refractivity contribution in [3.05, 3.63) is 83.0 Å². The van der Waals surface area contributed by atoms with Crippen molar-refractivity contribution in [1.29, 1.82) is 0 Å². The molecular weight excluding hydrogens is 686 g/mol. The highest BCUT2D eigenvalue weighted by atomic mass is 16.5. The number of carbonyl (C=O) groups excluding carboxylic acids is 3. The molecule has 3 atom stereocenters. The largest absolute Gasteiger partial charge is 0.507 e. The third kappa shape index (κ3) is 6.13. The van der Waals surface area contributed by atoms with Crippen LogP contribution in [0.25, 0.3) is 11.3 Å². The van der Waals surface area contributed by atoms with Crippen LogP contribution in [0.2, 0.25) is 0 Å². The lowest BCUT2D eigenvalue weighted by Gasteiger charge is -2.41. The molecule has 5 aliphatic heterocycles. The number of hydrogen-bond donors (Lipinski definition) is 3. The molecule has 0 radical (unpaired) electrons. The monoisotopic (exact) mass is 729 g/mol. The number of nitrogens with one attached hydrogen (secondary N) is 2. The highest BCUT2D eigenvalue weighted by molar-refractivity contribution is 6.05. The summed E-state index contributed by atoms with van der Waals surface area (Å²) in [5.41, 5.74) is 6.73. The van der Waals surface area contributed by atoms with Crippen LogP contribution in [0.3, 0.4) is 0 Å². The van der Waals surface area contributed by atoms with Crippen molar-refractivity contribution in [3.8, 4) is 22.9 Å². The lowest BCUT2D eigenvalue weighted by atomic mass is 9.95. The number of fused-ring (bicyclic) bond motifs is 4. The second-order valence-electron chi connectivity index (χ2n) is 15.4. The molecule has 5 aliphatic rings. The zero-order valence-corrected chi connectivity index (χ0v) is 30.4. The van der Waals surface area contributed by atoms with Gasteiger partial charge in [0, 0.05) is 87.2 Å². The number of phenolic OH excluding ortho intramolecular Hbond substituents is 1. The van der Waals surface area contributed by atoms with Crippen LogP contribution in [0.1, 0.15) is 53.2 Å². The lowest BCUT2D eigenvalue weighted by molar-refractivity contribution is -0.136. The number of piperazine rings is 1. The molecule has 0 bridgehead atoms. The van der Waals surface area contributed by atoms with Gasteiger partial charge in [-0.15, -0.1) is 10.2 Å². The molecule has 14 heteroatoms. The Bertz CT molecular complexity index is 2170. The fraction of sp³-hybridized carbons (Fsp3) is 0.400. The number of nitrogens with zero attached hydrogens (tertiary/aromatic N) is 7. The van der Waals surface area contributed by atoms with Crippen LogP contribution in [-0.4, -0.2) is 105 Å². The van der Waals surface area contributed by atoms with Gasteiger partial charge in [0.2, 0.25) is 17.7 Å². The van der Waals surface area contributed by atoms with E-state index in [1.54, 1.807) is 17.0 Å². The zero-order valence-electron chi connectivity index (χ0n) is 30.4. The molecule has 3 fully saturated rings. The predicted molar refractivity (Wildman–Crippen MR) is 201 cm³/mol. The van der Waals surface area contributed by atoms with Crippen molar-refractivity contribution < 1.29 is 24.2 Å². The Kier molecular flexibility index (Phi) is 8.36. The molecule has 3 saturated heterocycles. The first kappa shape index (κ1) is 34.0. The summed E-state index contributed by atoms with van der Waals surface area (Å²) in [4.78, 5) is 50.9. The number of amides is 3. The number of ether oxygens (including phenoxy) is 1. The van der Waals surface area contributed by atoms with Gasteiger partial charge in [-0.1, -0.05) is 18.2 Å². The van der Waals surface area contributed by atoms with E-state index in [9.17, 15) is 19.5 Å². The molecule has 0 spiro atoms. The van der Waals surface area contributed by atoms with Crippen molar-refractivity contribution in [1.82, 2.24) is 30.3 Å². The highest BCUT2D eigenvalue weighted by Gasteiger charge is 2.47. The number of aromatic nitrogens is 3. The van der Waals surface area contributed by atoms with Gasteiger partial charge in [-0.25, -0.2) is 4.98 Å². The summed E-state index contributed by atoms with van der Waals surface area (Å²) in [6.45, 7) is 10.2. The van der Waals surface area contributed by atoms with Crippen molar-refractivity contribution in [2.75, 3.05) is 54.4 Å². The Morgan fingerprint density at radius 2 is 1.83 bits per heavy atom. The highest BCUT2D eigenvalue weighted by Crippen LogP contribution is 2.44. The number of hydrogen-bond acceptors (Lipinski definition) is 12. The number of benzene rings is 2. The summed E-state index contributed by atoms with van der Waals surface area (Å²) >= 11 is 0. The third-order valence-corrected chi connectivity index (χ3v) is 11.6. The number of rotatable bonds is 7. The first-order chi connectivity index (χ1) is 26.1. The summed E-state index contributed by atoms with van der Waals surface area (Å²) in [5, 5.41) is 25.1. The summed E-state index contributed by atoms with van der Waals surface area (Å²) in [6.07, 6.45) is 3.27. The van der Waals surface area contributed by atoms with Crippen LogP contribution in [-0.2, 0) is 22.7 Å². The number of piperidine rings is 1. The van der Waals surface area contributed by atoms with Gasteiger partial charge < -0.3 is 29.9 Å². The maximum absolute atomic E-state index is 13.3. The quantitative estimate of drug-likeness (QED) is 0.239. The summed E-state index contributed by atoms with van der Waals surface area (Å²) in [5.74, 6) is 0.725. The minimum Gasteiger partial charge on any atom is -0.507 e. The van der Waals surface area contributed by atoms with Gasteiger partial charge in [0.05, 0.1) is 23.5 Å². The van der Waals surface area contributed by atoms with Crippen molar-refractivity contribution in [3.63, 3.8) is 0 Å². The van der Waals surface area contributed by atoms with E-state index < -0.39 is 11.9 Å². The predicted octanol–water partition coefficient (Wildman–Crippen LogP) is 3.48. The van der Waals surface area contributed by atoms with Crippen molar-refractivity contribution in [2.45, 2.75) is 63.9 Å². The molecule has 0 unspecified atom stereocenters. The minimum absolute atomic E-state index is 0.0652. The van der Waals surface area contributed by atoms with E-state index >= 15 is 0 Å². The molecule has 9 rings (SSSR count). The van der Waals surface area contributed by atoms with Gasteiger partial charge in [-0.2, -0.15) is 0 Å². The molecule has 4 aromatic rings. The number of aryl methyl sites for hydroxylation is 1. The van der Waals surface area contributed by atoms with E-state index in [0.717, 1.165) is 79.6 Å². The van der Waals surface area contributed by atoms with E-state index in [-0.39, 0.29) is 35.6 Å². The number of para-hydroxylation sites is 1. The summed E-state index contributed by atoms with van der Waals surface area (Å²) in [6, 6.07) is 16.7. The van der Waals surface area contributed by atoms with Crippen LogP contribution in [0.4, 0.5) is 17.2 Å². The van der Waals surface area contributed by atoms with Crippen LogP contribution in [0.15, 0.2) is 60.8 Å². The SMILES string of the molecule is Cc1cc(CN2CCN(c3ccc4c(c3)C(=O)N([C@H]3CCC(=O)NC3=O)C4)CC2)cnc1O[C@H]1CN2c3cc(-c4ccccc4O)nnc3NC[C@]2(C)C1. The Labute approximate surface area is 313 Å². The topological polar surface area (TPSA) is 156 Å². The zero-order chi connectivity index (χ0) is 37.1. The van der Waals surface area contributed by atoms with Crippen LogP contribution in [0.5, 0.6) is 11.6 Å². The van der Waals surface area contributed by atoms with Gasteiger partial charge in [0.15, 0.2) is 5.82 Å². The third-order valence-electron chi connectivity index (χ3n) is 11.6. The number of phenols is 1. The molecule has 3 N–H and O–H groups in total. The Morgan fingerprint density at radius 3 is 2.63 bits per heavy atom. The molecule has 14 nitrogen and oxygen atoms in total. The number of imide groups is 1. The second-order valence-corrected chi connectivity index (χ2v) is 15.4. The number of aromatic hydroxyl groups is 1.